The Balaban J connectivity index is 2.59. The van der Waals surface area contributed by atoms with E-state index in [9.17, 15) is 9.59 Å². The summed E-state index contributed by atoms with van der Waals surface area (Å²) in [6, 6.07) is 0.327. The Labute approximate surface area is 123 Å². The maximum absolute atomic E-state index is 12.3. The Morgan fingerprint density at radius 3 is 2.60 bits per heavy atom. The molecule has 0 radical (unpaired) electrons. The topological polar surface area (TPSA) is 49.4 Å². The molecule has 0 aliphatic carbocycles. The van der Waals surface area contributed by atoms with Gasteiger partial charge in [-0.1, -0.05) is 19.8 Å². The van der Waals surface area contributed by atoms with Gasteiger partial charge in [-0.25, -0.2) is 0 Å². The van der Waals surface area contributed by atoms with Crippen molar-refractivity contribution in [2.75, 3.05) is 6.54 Å². The molecule has 0 spiro atoms. The third-order valence-corrected chi connectivity index (χ3v) is 4.18. The zero-order valence-corrected chi connectivity index (χ0v) is 13.4. The van der Waals surface area contributed by atoms with Crippen molar-refractivity contribution in [3.8, 4) is 0 Å². The SMILES string of the molecule is CCCC(C)NC(=O)C(C)N1CCCCC1CC(C)=O. The van der Waals surface area contributed by atoms with Gasteiger partial charge < -0.3 is 5.32 Å². The smallest absolute Gasteiger partial charge is 0.237 e. The zero-order valence-electron chi connectivity index (χ0n) is 13.4. The molecule has 1 fully saturated rings. The number of nitrogens with one attached hydrogen (secondary N) is 1. The van der Waals surface area contributed by atoms with E-state index in [0.717, 1.165) is 38.6 Å². The highest BCUT2D eigenvalue weighted by molar-refractivity contribution is 5.82. The van der Waals surface area contributed by atoms with Crippen LogP contribution in [0.25, 0.3) is 0 Å². The average molecular weight is 282 g/mol. The molecule has 4 nitrogen and oxygen atoms in total. The predicted molar refractivity (Wildman–Crippen MR) is 81.6 cm³/mol. The number of Topliss-reactive ketones (excluding diaryl/α,β-unsaturated/α-hetero) is 1. The number of carbonyl (C=O) groups is 2. The van der Waals surface area contributed by atoms with E-state index in [-0.39, 0.29) is 29.8 Å². The second-order valence-corrected chi connectivity index (χ2v) is 6.17. The first-order valence-corrected chi connectivity index (χ1v) is 8.01. The lowest BCUT2D eigenvalue weighted by Gasteiger charge is -2.39. The molecule has 1 saturated heterocycles. The van der Waals surface area contributed by atoms with Crippen LogP contribution < -0.4 is 5.32 Å². The van der Waals surface area contributed by atoms with Gasteiger partial charge in [0.25, 0.3) is 0 Å². The molecule has 0 bridgehead atoms. The summed E-state index contributed by atoms with van der Waals surface area (Å²) in [6.45, 7) is 8.71. The van der Waals surface area contributed by atoms with Gasteiger partial charge in [0.1, 0.15) is 5.78 Å². The van der Waals surface area contributed by atoms with E-state index in [1.165, 1.54) is 0 Å². The van der Waals surface area contributed by atoms with Gasteiger partial charge in [-0.15, -0.1) is 0 Å². The first-order valence-electron chi connectivity index (χ1n) is 8.01. The standard InChI is InChI=1S/C16H30N2O2/c1-5-8-12(2)17-16(20)14(4)18-10-7-6-9-15(18)11-13(3)19/h12,14-15H,5-11H2,1-4H3,(H,17,20). The third-order valence-electron chi connectivity index (χ3n) is 4.18. The van der Waals surface area contributed by atoms with E-state index in [1.54, 1.807) is 6.92 Å². The zero-order chi connectivity index (χ0) is 15.1. The molecule has 0 aromatic rings. The first-order chi connectivity index (χ1) is 9.45. The summed E-state index contributed by atoms with van der Waals surface area (Å²) in [5.74, 6) is 0.315. The molecule has 3 atom stereocenters. The molecule has 3 unspecified atom stereocenters. The lowest BCUT2D eigenvalue weighted by Crippen LogP contribution is -2.53. The number of likely N-dealkylation sites (tertiary alicyclic amines) is 1. The molecular weight excluding hydrogens is 252 g/mol. The number of amides is 1. The number of piperidine rings is 1. The number of ketones is 1. The predicted octanol–water partition coefficient (Wildman–Crippen LogP) is 2.51. The van der Waals surface area contributed by atoms with Crippen LogP contribution in [0.15, 0.2) is 0 Å². The summed E-state index contributed by atoms with van der Waals surface area (Å²) >= 11 is 0. The fourth-order valence-corrected chi connectivity index (χ4v) is 3.10. The van der Waals surface area contributed by atoms with Gasteiger partial charge in [0.05, 0.1) is 6.04 Å². The molecule has 1 amide bonds. The molecule has 1 N–H and O–H groups in total. The molecule has 1 aliphatic rings. The largest absolute Gasteiger partial charge is 0.352 e. The van der Waals surface area contributed by atoms with Gasteiger partial charge in [0, 0.05) is 18.5 Å². The van der Waals surface area contributed by atoms with Crippen molar-refractivity contribution in [2.24, 2.45) is 0 Å². The van der Waals surface area contributed by atoms with E-state index in [4.69, 9.17) is 0 Å². The maximum Gasteiger partial charge on any atom is 0.237 e. The number of carbonyl (C=O) groups excluding carboxylic acids is 2. The van der Waals surface area contributed by atoms with Gasteiger partial charge in [0.2, 0.25) is 5.91 Å². The number of nitrogens with zero attached hydrogens (tertiary/aromatic N) is 1. The quantitative estimate of drug-likeness (QED) is 0.780. The van der Waals surface area contributed by atoms with Gasteiger partial charge in [-0.2, -0.15) is 0 Å². The van der Waals surface area contributed by atoms with Crippen molar-refractivity contribution in [3.63, 3.8) is 0 Å². The Morgan fingerprint density at radius 1 is 1.30 bits per heavy atom. The first kappa shape index (κ1) is 17.2. The lowest BCUT2D eigenvalue weighted by atomic mass is 9.96. The minimum Gasteiger partial charge on any atom is -0.352 e. The van der Waals surface area contributed by atoms with Crippen LogP contribution in [0, 0.1) is 0 Å². The average Bonchev–Trinajstić information content (AvgIpc) is 2.38. The fraction of sp³-hybridized carbons (Fsp3) is 0.875. The normalized spacial score (nSPS) is 23.1. The minimum absolute atomic E-state index is 0.0985. The number of hydrogen-bond donors (Lipinski definition) is 1. The van der Waals surface area contributed by atoms with Crippen LogP contribution >= 0.6 is 0 Å². The molecule has 1 heterocycles. The molecule has 0 saturated carbocycles. The summed E-state index contributed by atoms with van der Waals surface area (Å²) in [5, 5.41) is 3.09. The summed E-state index contributed by atoms with van der Waals surface area (Å²) in [4.78, 5) is 25.9. The van der Waals surface area contributed by atoms with Crippen molar-refractivity contribution in [3.05, 3.63) is 0 Å². The summed E-state index contributed by atoms with van der Waals surface area (Å²) in [6.07, 6.45) is 5.97. The highest BCUT2D eigenvalue weighted by Gasteiger charge is 2.31. The molecule has 0 aromatic carbocycles. The van der Waals surface area contributed by atoms with E-state index in [0.29, 0.717) is 6.42 Å². The number of rotatable bonds is 7. The van der Waals surface area contributed by atoms with Crippen LogP contribution in [0.5, 0.6) is 0 Å². The monoisotopic (exact) mass is 282 g/mol. The van der Waals surface area contributed by atoms with E-state index in [2.05, 4.69) is 24.1 Å². The second kappa shape index (κ2) is 8.40. The van der Waals surface area contributed by atoms with Crippen molar-refractivity contribution in [1.82, 2.24) is 10.2 Å². The molecule has 1 rings (SSSR count). The summed E-state index contributed by atoms with van der Waals surface area (Å²) in [7, 11) is 0. The molecule has 20 heavy (non-hydrogen) atoms. The van der Waals surface area contributed by atoms with Crippen molar-refractivity contribution in [2.45, 2.75) is 84.3 Å². The van der Waals surface area contributed by atoms with E-state index < -0.39 is 0 Å². The number of hydrogen-bond acceptors (Lipinski definition) is 3. The lowest BCUT2D eigenvalue weighted by molar-refractivity contribution is -0.129. The minimum atomic E-state index is -0.140. The van der Waals surface area contributed by atoms with E-state index in [1.807, 2.05) is 6.92 Å². The van der Waals surface area contributed by atoms with Crippen molar-refractivity contribution >= 4 is 11.7 Å². The van der Waals surface area contributed by atoms with Crippen LogP contribution in [0.3, 0.4) is 0 Å². The molecule has 0 aromatic heterocycles. The molecule has 4 heteroatoms. The van der Waals surface area contributed by atoms with Gasteiger partial charge in [-0.3, -0.25) is 14.5 Å². The maximum atomic E-state index is 12.3. The van der Waals surface area contributed by atoms with Crippen LogP contribution in [-0.4, -0.2) is 41.3 Å². The van der Waals surface area contributed by atoms with Crippen LogP contribution in [0.2, 0.25) is 0 Å². The van der Waals surface area contributed by atoms with E-state index >= 15 is 0 Å². The van der Waals surface area contributed by atoms with Crippen LogP contribution in [0.1, 0.15) is 66.2 Å². The molecule has 116 valence electrons. The van der Waals surface area contributed by atoms with Crippen LogP contribution in [0.4, 0.5) is 0 Å². The van der Waals surface area contributed by atoms with Crippen molar-refractivity contribution in [1.29, 1.82) is 0 Å². The Kier molecular flexibility index (Phi) is 7.20. The second-order valence-electron chi connectivity index (χ2n) is 6.17. The fourth-order valence-electron chi connectivity index (χ4n) is 3.10. The van der Waals surface area contributed by atoms with Gasteiger partial charge in [0.15, 0.2) is 0 Å². The Hall–Kier alpha value is -0.900. The molecule has 1 aliphatic heterocycles. The molecular formula is C16H30N2O2. The third kappa shape index (κ3) is 5.23. The highest BCUT2D eigenvalue weighted by Crippen LogP contribution is 2.22. The van der Waals surface area contributed by atoms with Gasteiger partial charge in [-0.05, 0) is 46.6 Å². The van der Waals surface area contributed by atoms with Crippen molar-refractivity contribution < 1.29 is 9.59 Å². The Morgan fingerprint density at radius 2 is 2.00 bits per heavy atom. The summed E-state index contributed by atoms with van der Waals surface area (Å²) < 4.78 is 0. The summed E-state index contributed by atoms with van der Waals surface area (Å²) in [5.41, 5.74) is 0. The van der Waals surface area contributed by atoms with Crippen LogP contribution in [-0.2, 0) is 9.59 Å². The highest BCUT2D eigenvalue weighted by atomic mass is 16.2. The van der Waals surface area contributed by atoms with Gasteiger partial charge >= 0.3 is 0 Å². The Bertz CT molecular complexity index is 330.